The second-order valence-corrected chi connectivity index (χ2v) is 8.53. The Balaban J connectivity index is 1.51. The molecule has 0 aliphatic heterocycles. The molecule has 1 N–H and O–H groups in total. The fourth-order valence-corrected chi connectivity index (χ4v) is 4.02. The van der Waals surface area contributed by atoms with Gasteiger partial charge in [0.1, 0.15) is 5.82 Å². The normalized spacial score (nSPS) is 10.9. The molecule has 33 heavy (non-hydrogen) atoms. The molecule has 5 heteroatoms. The Morgan fingerprint density at radius 2 is 1.73 bits per heavy atom. The Morgan fingerprint density at radius 1 is 1.00 bits per heavy atom. The fourth-order valence-electron chi connectivity index (χ4n) is 4.02. The number of benzene rings is 3. The number of carbonyl (C=O) groups is 1. The summed E-state index contributed by atoms with van der Waals surface area (Å²) in [5.41, 5.74) is 6.47. The summed E-state index contributed by atoms with van der Waals surface area (Å²) in [6.07, 6.45) is 0.606. The molecule has 0 atom stereocenters. The number of fused-ring (bicyclic) bond motifs is 1. The van der Waals surface area contributed by atoms with Crippen LogP contribution in [0.4, 0.5) is 10.1 Å². The first-order valence-corrected chi connectivity index (χ1v) is 11.0. The van der Waals surface area contributed by atoms with Crippen molar-refractivity contribution in [3.8, 4) is 11.3 Å². The molecule has 4 aromatic rings. The van der Waals surface area contributed by atoms with Crippen LogP contribution < -0.4 is 10.2 Å². The van der Waals surface area contributed by atoms with Crippen LogP contribution in [-0.4, -0.2) is 31.5 Å². The first kappa shape index (κ1) is 22.5. The highest BCUT2D eigenvalue weighted by molar-refractivity contribution is 6.03. The largest absolute Gasteiger partial charge is 0.377 e. The number of nitrogens with zero attached hydrogens (tertiary/aromatic N) is 2. The van der Waals surface area contributed by atoms with Gasteiger partial charge in [-0.3, -0.25) is 9.78 Å². The number of nitrogens with one attached hydrogen (secondary N) is 1. The van der Waals surface area contributed by atoms with Gasteiger partial charge in [0.15, 0.2) is 0 Å². The molecular formula is C28H28FN3O. The van der Waals surface area contributed by atoms with E-state index >= 15 is 0 Å². The van der Waals surface area contributed by atoms with Crippen molar-refractivity contribution in [2.24, 2.45) is 0 Å². The zero-order valence-electron chi connectivity index (χ0n) is 19.4. The summed E-state index contributed by atoms with van der Waals surface area (Å²) in [6.45, 7) is 4.54. The van der Waals surface area contributed by atoms with E-state index in [-0.39, 0.29) is 11.7 Å². The maximum Gasteiger partial charge on any atom is 0.251 e. The lowest BCUT2D eigenvalue weighted by molar-refractivity contribution is 0.0954. The number of rotatable bonds is 6. The van der Waals surface area contributed by atoms with E-state index in [1.54, 1.807) is 12.1 Å². The third-order valence-electron chi connectivity index (χ3n) is 5.95. The number of carbonyl (C=O) groups excluding carboxylic acids is 1. The zero-order valence-corrected chi connectivity index (χ0v) is 19.4. The van der Waals surface area contributed by atoms with Gasteiger partial charge in [-0.1, -0.05) is 24.3 Å². The smallest absolute Gasteiger partial charge is 0.251 e. The Labute approximate surface area is 194 Å². The molecule has 0 fully saturated rings. The maximum absolute atomic E-state index is 13.3. The SMILES string of the molecule is Cc1cc(CCNC(=O)c2cc(N(C)C)c3ccccc3c2)nc(-c2ccc(F)cc2)c1C. The Kier molecular flexibility index (Phi) is 6.40. The van der Waals surface area contributed by atoms with Crippen LogP contribution >= 0.6 is 0 Å². The number of aryl methyl sites for hydroxylation is 1. The monoisotopic (exact) mass is 441 g/mol. The molecule has 4 nitrogen and oxygen atoms in total. The molecule has 1 amide bonds. The van der Waals surface area contributed by atoms with Gasteiger partial charge in [-0.05, 0) is 72.8 Å². The molecule has 0 spiro atoms. The van der Waals surface area contributed by atoms with Gasteiger partial charge >= 0.3 is 0 Å². The molecule has 1 aromatic heterocycles. The molecule has 0 radical (unpaired) electrons. The molecule has 168 valence electrons. The summed E-state index contributed by atoms with van der Waals surface area (Å²) in [6, 6.07) is 20.4. The van der Waals surface area contributed by atoms with Crippen molar-refractivity contribution >= 4 is 22.4 Å². The lowest BCUT2D eigenvalue weighted by Gasteiger charge is -2.17. The highest BCUT2D eigenvalue weighted by Gasteiger charge is 2.13. The van der Waals surface area contributed by atoms with E-state index in [9.17, 15) is 9.18 Å². The van der Waals surface area contributed by atoms with E-state index in [1.165, 1.54) is 12.1 Å². The molecule has 1 heterocycles. The van der Waals surface area contributed by atoms with Crippen molar-refractivity contribution in [1.29, 1.82) is 0 Å². The number of aromatic nitrogens is 1. The maximum atomic E-state index is 13.3. The van der Waals surface area contributed by atoms with Crippen LogP contribution in [0.3, 0.4) is 0 Å². The third-order valence-corrected chi connectivity index (χ3v) is 5.95. The van der Waals surface area contributed by atoms with Crippen LogP contribution in [0.15, 0.2) is 66.7 Å². The van der Waals surface area contributed by atoms with Crippen molar-refractivity contribution in [3.05, 3.63) is 94.9 Å². The zero-order chi connectivity index (χ0) is 23.5. The average molecular weight is 442 g/mol. The van der Waals surface area contributed by atoms with Crippen LogP contribution in [0.1, 0.15) is 27.2 Å². The van der Waals surface area contributed by atoms with Gasteiger partial charge in [-0.25, -0.2) is 4.39 Å². The average Bonchev–Trinajstić information content (AvgIpc) is 2.81. The quantitative estimate of drug-likeness (QED) is 0.418. The van der Waals surface area contributed by atoms with Crippen molar-refractivity contribution in [2.75, 3.05) is 25.5 Å². The predicted octanol–water partition coefficient (Wildman–Crippen LogP) is 5.70. The third kappa shape index (κ3) is 4.87. The van der Waals surface area contributed by atoms with Crippen LogP contribution in [0.5, 0.6) is 0 Å². The Morgan fingerprint density at radius 3 is 2.45 bits per heavy atom. The lowest BCUT2D eigenvalue weighted by atomic mass is 10.0. The summed E-state index contributed by atoms with van der Waals surface area (Å²) >= 11 is 0. The number of pyridine rings is 1. The topological polar surface area (TPSA) is 45.2 Å². The molecule has 0 unspecified atom stereocenters. The number of hydrogen-bond donors (Lipinski definition) is 1. The van der Waals surface area contributed by atoms with Crippen LogP contribution in [0, 0.1) is 19.7 Å². The van der Waals surface area contributed by atoms with E-state index < -0.39 is 0 Å². The van der Waals surface area contributed by atoms with Crippen LogP contribution in [0.2, 0.25) is 0 Å². The standard InChI is InChI=1S/C28H28FN3O/c1-18-15-24(31-27(19(18)2)20-9-11-23(29)12-10-20)13-14-30-28(33)22-16-21-7-5-6-8-25(21)26(17-22)32(3)4/h5-12,15-17H,13-14H2,1-4H3,(H,30,33). The molecule has 0 aliphatic carbocycles. The minimum atomic E-state index is -0.266. The van der Waals surface area contributed by atoms with E-state index in [1.807, 2.05) is 63.2 Å². The van der Waals surface area contributed by atoms with Gasteiger partial charge in [-0.15, -0.1) is 0 Å². The summed E-state index contributed by atoms with van der Waals surface area (Å²) in [5, 5.41) is 5.19. The van der Waals surface area contributed by atoms with E-state index in [4.69, 9.17) is 4.98 Å². The van der Waals surface area contributed by atoms with Gasteiger partial charge in [0.25, 0.3) is 5.91 Å². The molecule has 0 saturated heterocycles. The molecule has 0 aliphatic rings. The first-order chi connectivity index (χ1) is 15.8. The van der Waals surface area contributed by atoms with Gasteiger partial charge < -0.3 is 10.2 Å². The number of hydrogen-bond acceptors (Lipinski definition) is 3. The lowest BCUT2D eigenvalue weighted by Crippen LogP contribution is -2.26. The fraction of sp³-hybridized carbons (Fsp3) is 0.214. The molecule has 0 bridgehead atoms. The molecular weight excluding hydrogens is 413 g/mol. The van der Waals surface area contributed by atoms with Gasteiger partial charge in [0.2, 0.25) is 0 Å². The van der Waals surface area contributed by atoms with Crippen LogP contribution in [0.25, 0.3) is 22.0 Å². The second kappa shape index (κ2) is 9.41. The van der Waals surface area contributed by atoms with E-state index in [2.05, 4.69) is 17.4 Å². The van der Waals surface area contributed by atoms with Crippen molar-refractivity contribution in [2.45, 2.75) is 20.3 Å². The number of amides is 1. The van der Waals surface area contributed by atoms with Gasteiger partial charge in [0, 0.05) is 55.0 Å². The van der Waals surface area contributed by atoms with E-state index in [0.717, 1.165) is 44.5 Å². The van der Waals surface area contributed by atoms with Crippen molar-refractivity contribution < 1.29 is 9.18 Å². The van der Waals surface area contributed by atoms with Crippen molar-refractivity contribution in [3.63, 3.8) is 0 Å². The summed E-state index contributed by atoms with van der Waals surface area (Å²) in [5.74, 6) is -0.371. The summed E-state index contributed by atoms with van der Waals surface area (Å²) < 4.78 is 13.3. The predicted molar refractivity (Wildman–Crippen MR) is 133 cm³/mol. The van der Waals surface area contributed by atoms with Gasteiger partial charge in [-0.2, -0.15) is 0 Å². The highest BCUT2D eigenvalue weighted by atomic mass is 19.1. The minimum absolute atomic E-state index is 0.105. The summed E-state index contributed by atoms with van der Waals surface area (Å²) in [4.78, 5) is 19.7. The highest BCUT2D eigenvalue weighted by Crippen LogP contribution is 2.28. The Hall–Kier alpha value is -3.73. The van der Waals surface area contributed by atoms with Gasteiger partial charge in [0.05, 0.1) is 5.69 Å². The van der Waals surface area contributed by atoms with Crippen LogP contribution in [-0.2, 0) is 6.42 Å². The summed E-state index contributed by atoms with van der Waals surface area (Å²) in [7, 11) is 3.96. The van der Waals surface area contributed by atoms with Crippen molar-refractivity contribution in [1.82, 2.24) is 10.3 Å². The number of halogens is 1. The molecule has 3 aromatic carbocycles. The Bertz CT molecular complexity index is 1310. The first-order valence-electron chi connectivity index (χ1n) is 11.0. The molecule has 4 rings (SSSR count). The minimum Gasteiger partial charge on any atom is -0.377 e. The second-order valence-electron chi connectivity index (χ2n) is 8.53. The molecule has 0 saturated carbocycles. The number of anilines is 1. The van der Waals surface area contributed by atoms with E-state index in [0.29, 0.717) is 18.5 Å².